The molecule has 1 saturated heterocycles. The molecular formula is C18H17BrN4O3. The van der Waals surface area contributed by atoms with Gasteiger partial charge in [-0.25, -0.2) is 9.78 Å². The van der Waals surface area contributed by atoms with Crippen LogP contribution in [0.25, 0.3) is 0 Å². The number of anilines is 1. The topological polar surface area (TPSA) is 82.6 Å². The maximum Gasteiger partial charge on any atom is 0.325 e. The summed E-state index contributed by atoms with van der Waals surface area (Å²) in [5.74, 6) is -0.430. The van der Waals surface area contributed by atoms with Crippen LogP contribution in [0.3, 0.4) is 0 Å². The molecule has 3 rings (SSSR count). The van der Waals surface area contributed by atoms with E-state index in [2.05, 4.69) is 26.2 Å². The van der Waals surface area contributed by atoms with Crippen molar-refractivity contribution < 1.29 is 14.4 Å². The highest BCUT2D eigenvalue weighted by Crippen LogP contribution is 2.29. The number of rotatable bonds is 4. The molecule has 134 valence electrons. The van der Waals surface area contributed by atoms with Crippen LogP contribution >= 0.6 is 15.9 Å². The van der Waals surface area contributed by atoms with E-state index >= 15 is 0 Å². The van der Waals surface area contributed by atoms with Crippen LogP contribution in [0.1, 0.15) is 12.5 Å². The maximum absolute atomic E-state index is 12.9. The van der Waals surface area contributed by atoms with Crippen molar-refractivity contribution in [3.05, 3.63) is 58.7 Å². The Morgan fingerprint density at radius 2 is 1.92 bits per heavy atom. The Balaban J connectivity index is 1.79. The van der Waals surface area contributed by atoms with Gasteiger partial charge in [-0.05, 0) is 36.8 Å². The van der Waals surface area contributed by atoms with E-state index in [1.807, 2.05) is 0 Å². The number of nitrogens with zero attached hydrogens (tertiary/aromatic N) is 3. The summed E-state index contributed by atoms with van der Waals surface area (Å²) in [6, 6.07) is 11.7. The number of aromatic nitrogens is 1. The fourth-order valence-electron chi connectivity index (χ4n) is 2.74. The van der Waals surface area contributed by atoms with Crippen molar-refractivity contribution >= 4 is 39.6 Å². The van der Waals surface area contributed by atoms with E-state index in [0.29, 0.717) is 11.4 Å². The zero-order valence-electron chi connectivity index (χ0n) is 14.3. The fourth-order valence-corrected chi connectivity index (χ4v) is 3.01. The van der Waals surface area contributed by atoms with Crippen LogP contribution in [0.2, 0.25) is 0 Å². The predicted molar refractivity (Wildman–Crippen MR) is 99.4 cm³/mol. The molecule has 1 aromatic carbocycles. The molecule has 1 fully saturated rings. The van der Waals surface area contributed by atoms with Gasteiger partial charge in [0, 0.05) is 17.7 Å². The summed E-state index contributed by atoms with van der Waals surface area (Å²) in [5, 5.41) is 2.69. The van der Waals surface area contributed by atoms with Gasteiger partial charge in [0.15, 0.2) is 0 Å². The number of hydrogen-bond acceptors (Lipinski definition) is 4. The smallest absolute Gasteiger partial charge is 0.319 e. The van der Waals surface area contributed by atoms with Crippen molar-refractivity contribution in [3.63, 3.8) is 0 Å². The van der Waals surface area contributed by atoms with E-state index in [1.54, 1.807) is 62.6 Å². The third-order valence-corrected chi connectivity index (χ3v) is 4.89. The zero-order chi connectivity index (χ0) is 18.9. The average molecular weight is 417 g/mol. The lowest BCUT2D eigenvalue weighted by Crippen LogP contribution is -2.43. The first-order valence-corrected chi connectivity index (χ1v) is 8.70. The van der Waals surface area contributed by atoms with E-state index in [9.17, 15) is 14.4 Å². The lowest BCUT2D eigenvalue weighted by Gasteiger charge is -2.23. The third-order valence-electron chi connectivity index (χ3n) is 4.36. The normalized spacial score (nSPS) is 19.4. The molecule has 8 heteroatoms. The molecule has 0 spiro atoms. The van der Waals surface area contributed by atoms with Crippen molar-refractivity contribution in [1.82, 2.24) is 15.2 Å². The molecule has 1 aliphatic rings. The van der Waals surface area contributed by atoms with Gasteiger partial charge < -0.3 is 5.32 Å². The zero-order valence-corrected chi connectivity index (χ0v) is 15.9. The summed E-state index contributed by atoms with van der Waals surface area (Å²) in [4.78, 5) is 44.0. The molecule has 7 nitrogen and oxygen atoms in total. The fraction of sp³-hybridized carbons (Fsp3) is 0.222. The second-order valence-electron chi connectivity index (χ2n) is 6.09. The number of hydrogen-bond donors (Lipinski definition) is 1. The molecule has 4 amide bonds. The van der Waals surface area contributed by atoms with Gasteiger partial charge in [-0.15, -0.1) is 0 Å². The highest BCUT2D eigenvalue weighted by molar-refractivity contribution is 9.10. The Morgan fingerprint density at radius 1 is 1.23 bits per heavy atom. The quantitative estimate of drug-likeness (QED) is 0.774. The second-order valence-corrected chi connectivity index (χ2v) is 7.01. The summed E-state index contributed by atoms with van der Waals surface area (Å²) in [6.45, 7) is 1.27. The molecule has 0 radical (unpaired) electrons. The van der Waals surface area contributed by atoms with Gasteiger partial charge >= 0.3 is 6.03 Å². The van der Waals surface area contributed by atoms with Crippen molar-refractivity contribution in [3.8, 4) is 0 Å². The molecule has 0 aliphatic carbocycles. The van der Waals surface area contributed by atoms with Gasteiger partial charge in [-0.2, -0.15) is 0 Å². The number of imide groups is 1. The number of urea groups is 1. The van der Waals surface area contributed by atoms with Gasteiger partial charge in [0.25, 0.3) is 5.91 Å². The van der Waals surface area contributed by atoms with Crippen LogP contribution in [-0.4, -0.2) is 41.3 Å². The largest absolute Gasteiger partial charge is 0.325 e. The molecule has 1 N–H and O–H groups in total. The molecule has 0 bridgehead atoms. The van der Waals surface area contributed by atoms with Crippen LogP contribution in [-0.2, 0) is 15.1 Å². The second kappa shape index (κ2) is 6.87. The van der Waals surface area contributed by atoms with Gasteiger partial charge in [-0.3, -0.25) is 19.4 Å². The Morgan fingerprint density at radius 3 is 2.54 bits per heavy atom. The molecular weight excluding hydrogens is 400 g/mol. The van der Waals surface area contributed by atoms with Gasteiger partial charge in [-0.1, -0.05) is 34.1 Å². The minimum Gasteiger partial charge on any atom is -0.319 e. The lowest BCUT2D eigenvalue weighted by atomic mass is 9.92. The average Bonchev–Trinajstić information content (AvgIpc) is 2.86. The monoisotopic (exact) mass is 416 g/mol. The first kappa shape index (κ1) is 18.1. The molecule has 2 aromatic rings. The minimum atomic E-state index is -1.21. The Bertz CT molecular complexity index is 856. The summed E-state index contributed by atoms with van der Waals surface area (Å²) in [7, 11) is 1.55. The van der Waals surface area contributed by atoms with E-state index in [1.165, 1.54) is 4.90 Å². The van der Waals surface area contributed by atoms with Gasteiger partial charge in [0.1, 0.15) is 17.9 Å². The van der Waals surface area contributed by atoms with E-state index in [4.69, 9.17) is 0 Å². The van der Waals surface area contributed by atoms with Crippen LogP contribution in [0.5, 0.6) is 0 Å². The Kier molecular flexibility index (Phi) is 4.78. The number of halogens is 1. The predicted octanol–water partition coefficient (Wildman–Crippen LogP) is 2.27. The Hall–Kier alpha value is -2.74. The summed E-state index contributed by atoms with van der Waals surface area (Å²) >= 11 is 3.34. The van der Waals surface area contributed by atoms with Crippen molar-refractivity contribution in [2.45, 2.75) is 12.5 Å². The number of benzene rings is 1. The molecule has 1 unspecified atom stereocenters. The molecule has 1 aromatic heterocycles. The van der Waals surface area contributed by atoms with Crippen LogP contribution in [0, 0.1) is 0 Å². The number of likely N-dealkylation sites (N-methyl/N-ethyl adjacent to an activating group) is 1. The van der Waals surface area contributed by atoms with Gasteiger partial charge in [0.05, 0.1) is 0 Å². The summed E-state index contributed by atoms with van der Waals surface area (Å²) in [6.07, 6.45) is 1.57. The first-order chi connectivity index (χ1) is 12.3. The van der Waals surface area contributed by atoms with E-state index in [0.717, 1.165) is 9.37 Å². The lowest BCUT2D eigenvalue weighted by molar-refractivity contribution is -0.134. The number of carbonyl (C=O) groups excluding carboxylic acids is 3. The number of pyridine rings is 1. The molecule has 26 heavy (non-hydrogen) atoms. The minimum absolute atomic E-state index is 0.357. The summed E-state index contributed by atoms with van der Waals surface area (Å²) < 4.78 is 0.866. The SMILES string of the molecule is CN(C(=O)CN1C(=O)NC(C)(c2ccc(Br)cc2)C1=O)c1ccccn1. The highest BCUT2D eigenvalue weighted by atomic mass is 79.9. The number of nitrogens with one attached hydrogen (secondary N) is 1. The molecule has 2 heterocycles. The van der Waals surface area contributed by atoms with Crippen LogP contribution in [0.4, 0.5) is 10.6 Å². The highest BCUT2D eigenvalue weighted by Gasteiger charge is 2.49. The van der Waals surface area contributed by atoms with Crippen molar-refractivity contribution in [2.24, 2.45) is 0 Å². The number of amides is 4. The maximum atomic E-state index is 12.9. The van der Waals surface area contributed by atoms with Crippen LogP contribution < -0.4 is 10.2 Å². The number of carbonyl (C=O) groups is 3. The van der Waals surface area contributed by atoms with E-state index in [-0.39, 0.29) is 6.54 Å². The van der Waals surface area contributed by atoms with Gasteiger partial charge in [0.2, 0.25) is 5.91 Å². The molecule has 1 aliphatic heterocycles. The summed E-state index contributed by atoms with van der Waals surface area (Å²) in [5.41, 5.74) is -0.561. The first-order valence-electron chi connectivity index (χ1n) is 7.90. The van der Waals surface area contributed by atoms with Crippen LogP contribution in [0.15, 0.2) is 53.1 Å². The molecule has 1 atom stereocenters. The van der Waals surface area contributed by atoms with Crippen molar-refractivity contribution in [2.75, 3.05) is 18.5 Å². The Labute approximate surface area is 159 Å². The van der Waals surface area contributed by atoms with Crippen molar-refractivity contribution in [1.29, 1.82) is 0 Å². The van der Waals surface area contributed by atoms with E-state index < -0.39 is 23.4 Å². The standard InChI is InChI=1S/C18H17BrN4O3/c1-18(12-6-8-13(19)9-7-12)16(25)23(17(26)21-18)11-15(24)22(2)14-5-3-4-10-20-14/h3-10H,11H2,1-2H3,(H,21,26). The molecule has 0 saturated carbocycles. The third kappa shape index (κ3) is 3.20.